The van der Waals surface area contributed by atoms with E-state index in [-0.39, 0.29) is 0 Å². The van der Waals surface area contributed by atoms with Crippen LogP contribution in [0.2, 0.25) is 0 Å². The summed E-state index contributed by atoms with van der Waals surface area (Å²) < 4.78 is 0. The van der Waals surface area contributed by atoms with Gasteiger partial charge in [0.25, 0.3) is 0 Å². The Balaban J connectivity index is 1.62. The molecule has 0 spiro atoms. The first-order chi connectivity index (χ1) is 9.26. The van der Waals surface area contributed by atoms with Gasteiger partial charge in [-0.1, -0.05) is 30.7 Å². The van der Waals surface area contributed by atoms with Crippen LogP contribution < -0.4 is 5.32 Å². The number of fused-ring (bicyclic) bond motifs is 1. The van der Waals surface area contributed by atoms with Crippen molar-refractivity contribution in [3.05, 3.63) is 34.9 Å². The molecule has 1 saturated heterocycles. The molecule has 1 N–H and O–H groups in total. The number of hydrogen-bond donors (Lipinski definition) is 1. The third-order valence-electron chi connectivity index (χ3n) is 4.85. The summed E-state index contributed by atoms with van der Waals surface area (Å²) in [5, 5.41) is 3.92. The van der Waals surface area contributed by atoms with Gasteiger partial charge in [-0.25, -0.2) is 0 Å². The lowest BCUT2D eigenvalue weighted by molar-refractivity contribution is 0.198. The summed E-state index contributed by atoms with van der Waals surface area (Å²) in [6.45, 7) is 8.21. The lowest BCUT2D eigenvalue weighted by Crippen LogP contribution is -2.43. The second kappa shape index (κ2) is 5.64. The van der Waals surface area contributed by atoms with E-state index >= 15 is 0 Å². The second-order valence-electron chi connectivity index (χ2n) is 6.17. The van der Waals surface area contributed by atoms with Crippen LogP contribution in [0.15, 0.2) is 18.2 Å². The lowest BCUT2D eigenvalue weighted by atomic mass is 10.0. The summed E-state index contributed by atoms with van der Waals surface area (Å²) in [6.07, 6.45) is 5.16. The Hall–Kier alpha value is -0.860. The van der Waals surface area contributed by atoms with Crippen LogP contribution in [0.4, 0.5) is 0 Å². The van der Waals surface area contributed by atoms with Crippen LogP contribution in [0.3, 0.4) is 0 Å². The van der Waals surface area contributed by atoms with E-state index in [2.05, 4.69) is 42.3 Å². The highest BCUT2D eigenvalue weighted by Crippen LogP contribution is 2.32. The number of piperidine rings is 1. The zero-order valence-electron chi connectivity index (χ0n) is 12.3. The van der Waals surface area contributed by atoms with Crippen LogP contribution in [0.5, 0.6) is 0 Å². The fourth-order valence-electron chi connectivity index (χ4n) is 3.60. The standard InChI is InChI=1S/C17H26N2/c1-3-19-10-8-15(9-11-19)18-17-7-6-14-5-4-13(2)12-16(14)17/h4-5,12,15,17-18H,3,6-11H2,1-2H3. The second-order valence-corrected chi connectivity index (χ2v) is 6.17. The molecule has 2 heteroatoms. The number of benzene rings is 1. The van der Waals surface area contributed by atoms with Crippen molar-refractivity contribution in [2.24, 2.45) is 0 Å². The highest BCUT2D eigenvalue weighted by atomic mass is 15.1. The van der Waals surface area contributed by atoms with Crippen LogP contribution in [0.1, 0.15) is 48.9 Å². The number of nitrogens with one attached hydrogen (secondary N) is 1. The van der Waals surface area contributed by atoms with Crippen molar-refractivity contribution in [3.63, 3.8) is 0 Å². The molecular weight excluding hydrogens is 232 g/mol. The molecule has 19 heavy (non-hydrogen) atoms. The molecule has 0 bridgehead atoms. The first-order valence-corrected chi connectivity index (χ1v) is 7.84. The van der Waals surface area contributed by atoms with Gasteiger partial charge >= 0.3 is 0 Å². The Kier molecular flexibility index (Phi) is 3.90. The van der Waals surface area contributed by atoms with Gasteiger partial charge in [0.2, 0.25) is 0 Å². The number of aryl methyl sites for hydroxylation is 2. The van der Waals surface area contributed by atoms with Crippen molar-refractivity contribution < 1.29 is 0 Å². The Bertz CT molecular complexity index is 433. The molecule has 1 aliphatic heterocycles. The molecule has 1 aliphatic carbocycles. The van der Waals surface area contributed by atoms with E-state index in [1.54, 1.807) is 11.1 Å². The molecule has 1 heterocycles. The van der Waals surface area contributed by atoms with Gasteiger partial charge in [-0.3, -0.25) is 0 Å². The van der Waals surface area contributed by atoms with Gasteiger partial charge < -0.3 is 10.2 Å². The number of nitrogens with zero attached hydrogens (tertiary/aromatic N) is 1. The van der Waals surface area contributed by atoms with Gasteiger partial charge in [0.15, 0.2) is 0 Å². The highest BCUT2D eigenvalue weighted by Gasteiger charge is 2.26. The molecule has 2 aliphatic rings. The van der Waals surface area contributed by atoms with Gasteiger partial charge in [0.05, 0.1) is 0 Å². The van der Waals surface area contributed by atoms with E-state index < -0.39 is 0 Å². The van der Waals surface area contributed by atoms with Gasteiger partial charge in [-0.15, -0.1) is 0 Å². The minimum absolute atomic E-state index is 0.605. The molecule has 1 unspecified atom stereocenters. The topological polar surface area (TPSA) is 15.3 Å². The summed E-state index contributed by atoms with van der Waals surface area (Å²) in [5.41, 5.74) is 4.53. The van der Waals surface area contributed by atoms with Crippen molar-refractivity contribution in [2.75, 3.05) is 19.6 Å². The molecular formula is C17H26N2. The van der Waals surface area contributed by atoms with Gasteiger partial charge in [-0.05, 0) is 63.4 Å². The minimum atomic E-state index is 0.605. The molecule has 0 radical (unpaired) electrons. The maximum absolute atomic E-state index is 3.92. The van der Waals surface area contributed by atoms with Crippen molar-refractivity contribution in [1.29, 1.82) is 0 Å². The molecule has 104 valence electrons. The Morgan fingerprint density at radius 1 is 1.21 bits per heavy atom. The van der Waals surface area contributed by atoms with Gasteiger partial charge in [-0.2, -0.15) is 0 Å². The molecule has 1 aromatic rings. The highest BCUT2D eigenvalue weighted by molar-refractivity contribution is 5.37. The molecule has 2 nitrogen and oxygen atoms in total. The summed E-state index contributed by atoms with van der Waals surface area (Å²) >= 11 is 0. The number of hydrogen-bond acceptors (Lipinski definition) is 2. The van der Waals surface area contributed by atoms with E-state index in [9.17, 15) is 0 Å². The fourth-order valence-corrected chi connectivity index (χ4v) is 3.60. The predicted octanol–water partition coefficient (Wildman–Crippen LogP) is 3.06. The third kappa shape index (κ3) is 2.85. The molecule has 0 aromatic heterocycles. The molecule has 1 aromatic carbocycles. The van der Waals surface area contributed by atoms with Crippen molar-refractivity contribution in [2.45, 2.75) is 51.6 Å². The summed E-state index contributed by atoms with van der Waals surface area (Å²) in [7, 11) is 0. The van der Waals surface area contributed by atoms with Crippen LogP contribution in [0.25, 0.3) is 0 Å². The first-order valence-electron chi connectivity index (χ1n) is 7.84. The molecule has 0 saturated carbocycles. The number of likely N-dealkylation sites (tertiary alicyclic amines) is 1. The van der Waals surface area contributed by atoms with Crippen LogP contribution >= 0.6 is 0 Å². The summed E-state index contributed by atoms with van der Waals surface area (Å²) in [5.74, 6) is 0. The Morgan fingerprint density at radius 3 is 2.74 bits per heavy atom. The SMILES string of the molecule is CCN1CCC(NC2CCc3ccc(C)cc32)CC1. The predicted molar refractivity (Wildman–Crippen MR) is 80.5 cm³/mol. The smallest absolute Gasteiger partial charge is 0.0328 e. The fraction of sp³-hybridized carbons (Fsp3) is 0.647. The van der Waals surface area contributed by atoms with E-state index in [0.717, 1.165) is 6.04 Å². The maximum Gasteiger partial charge on any atom is 0.0328 e. The maximum atomic E-state index is 3.92. The summed E-state index contributed by atoms with van der Waals surface area (Å²) in [4.78, 5) is 2.56. The monoisotopic (exact) mass is 258 g/mol. The largest absolute Gasteiger partial charge is 0.307 e. The summed E-state index contributed by atoms with van der Waals surface area (Å²) in [6, 6.07) is 8.29. The van der Waals surface area contributed by atoms with Crippen LogP contribution in [-0.4, -0.2) is 30.6 Å². The molecule has 0 amide bonds. The number of rotatable bonds is 3. The van der Waals surface area contributed by atoms with Gasteiger partial charge in [0.1, 0.15) is 0 Å². The molecule has 1 atom stereocenters. The molecule has 1 fully saturated rings. The van der Waals surface area contributed by atoms with E-state index in [1.165, 1.54) is 50.9 Å². The normalized spacial score (nSPS) is 24.6. The van der Waals surface area contributed by atoms with Crippen molar-refractivity contribution in [1.82, 2.24) is 10.2 Å². The lowest BCUT2D eigenvalue weighted by Gasteiger charge is -2.33. The average Bonchev–Trinajstić information content (AvgIpc) is 2.82. The van der Waals surface area contributed by atoms with Crippen LogP contribution in [0, 0.1) is 6.92 Å². The van der Waals surface area contributed by atoms with E-state index in [1.807, 2.05) is 0 Å². The van der Waals surface area contributed by atoms with E-state index in [0.29, 0.717) is 6.04 Å². The first kappa shape index (κ1) is 13.1. The van der Waals surface area contributed by atoms with Gasteiger partial charge in [0, 0.05) is 12.1 Å². The minimum Gasteiger partial charge on any atom is -0.307 e. The Labute approximate surface area is 117 Å². The zero-order valence-corrected chi connectivity index (χ0v) is 12.3. The van der Waals surface area contributed by atoms with Crippen LogP contribution in [-0.2, 0) is 6.42 Å². The van der Waals surface area contributed by atoms with E-state index in [4.69, 9.17) is 0 Å². The van der Waals surface area contributed by atoms with Crippen molar-refractivity contribution in [3.8, 4) is 0 Å². The van der Waals surface area contributed by atoms with Crippen molar-refractivity contribution >= 4 is 0 Å². The molecule has 3 rings (SSSR count). The quantitative estimate of drug-likeness (QED) is 0.896. The zero-order chi connectivity index (χ0) is 13.2. The Morgan fingerprint density at radius 2 is 2.00 bits per heavy atom. The average molecular weight is 258 g/mol. The third-order valence-corrected chi connectivity index (χ3v) is 4.85.